The van der Waals surface area contributed by atoms with Gasteiger partial charge in [0.05, 0.1) is 23.3 Å². The molecule has 10 heteroatoms. The lowest BCUT2D eigenvalue weighted by Gasteiger charge is -2.22. The smallest absolute Gasteiger partial charge is 0.341 e. The number of alkyl halides is 3. The van der Waals surface area contributed by atoms with Crippen molar-refractivity contribution in [3.8, 4) is 22.4 Å². The van der Waals surface area contributed by atoms with E-state index in [2.05, 4.69) is 9.83 Å². The molecule has 38 heavy (non-hydrogen) atoms. The number of hydrogen-bond acceptors (Lipinski definition) is 4. The highest BCUT2D eigenvalue weighted by molar-refractivity contribution is 5.96. The first-order chi connectivity index (χ1) is 18.2. The van der Waals surface area contributed by atoms with Gasteiger partial charge in [-0.25, -0.2) is 23.6 Å². The van der Waals surface area contributed by atoms with Crippen LogP contribution in [0.3, 0.4) is 0 Å². The van der Waals surface area contributed by atoms with Crippen LogP contribution in [0.5, 0.6) is 0 Å². The maximum atomic E-state index is 14.8. The predicted octanol–water partition coefficient (Wildman–Crippen LogP) is 7.13. The quantitative estimate of drug-likeness (QED) is 0.229. The van der Waals surface area contributed by atoms with Gasteiger partial charge in [0.25, 0.3) is 0 Å². The summed E-state index contributed by atoms with van der Waals surface area (Å²) in [6.07, 6.45) is -2.36. The van der Waals surface area contributed by atoms with Crippen LogP contribution in [0.2, 0.25) is 0 Å². The van der Waals surface area contributed by atoms with Crippen LogP contribution in [0.1, 0.15) is 24.8 Å². The van der Waals surface area contributed by atoms with Gasteiger partial charge < -0.3 is 10.6 Å². The summed E-state index contributed by atoms with van der Waals surface area (Å²) in [5, 5.41) is 0.323. The number of fused-ring (bicyclic) bond motifs is 1. The lowest BCUT2D eigenvalue weighted by atomic mass is 9.96. The predicted molar refractivity (Wildman–Crippen MR) is 136 cm³/mol. The van der Waals surface area contributed by atoms with E-state index >= 15 is 0 Å². The minimum atomic E-state index is -4.78. The number of halogens is 5. The van der Waals surface area contributed by atoms with Gasteiger partial charge in [0, 0.05) is 35.6 Å². The molecule has 1 aromatic heterocycles. The van der Waals surface area contributed by atoms with E-state index in [0.717, 1.165) is 43.5 Å². The third-order valence-electron chi connectivity index (χ3n) is 6.69. The number of benzene rings is 3. The van der Waals surface area contributed by atoms with Crippen molar-refractivity contribution in [2.75, 3.05) is 18.0 Å². The zero-order valence-corrected chi connectivity index (χ0v) is 20.1. The van der Waals surface area contributed by atoms with Crippen LogP contribution >= 0.6 is 0 Å². The standard InChI is InChI=1S/C28H22F5N5/c1-35-24-10-8-17(15-22(24)30)26-19-14-16(25-20(28(31,32)33)5-2-6-21(25)29)7-9-23(19)36-27(37-26)38-12-3-4-18(34)11-13-38/h2,5-10,14-15,18H,3-4,11-13,34H2/t18-/m0/s1. The van der Waals surface area contributed by atoms with Crippen LogP contribution in [0.4, 0.5) is 33.6 Å². The molecule has 5 rings (SSSR count). The summed E-state index contributed by atoms with van der Waals surface area (Å²) in [6, 6.07) is 11.2. The van der Waals surface area contributed by atoms with Crippen LogP contribution in [-0.4, -0.2) is 29.1 Å². The second-order valence-corrected chi connectivity index (χ2v) is 9.22. The molecule has 0 saturated carbocycles. The van der Waals surface area contributed by atoms with Gasteiger partial charge in [0.15, 0.2) is 0 Å². The van der Waals surface area contributed by atoms with Crippen molar-refractivity contribution in [1.82, 2.24) is 9.97 Å². The average Bonchev–Trinajstić information content (AvgIpc) is 3.11. The molecule has 1 fully saturated rings. The fraction of sp³-hybridized carbons (Fsp3) is 0.250. The average molecular weight is 524 g/mol. The van der Waals surface area contributed by atoms with Gasteiger partial charge in [0.1, 0.15) is 11.6 Å². The largest absolute Gasteiger partial charge is 0.417 e. The number of aromatic nitrogens is 2. The molecule has 4 aromatic rings. The van der Waals surface area contributed by atoms with Crippen molar-refractivity contribution in [2.24, 2.45) is 5.73 Å². The van der Waals surface area contributed by atoms with Crippen molar-refractivity contribution in [3.05, 3.63) is 83.2 Å². The minimum Gasteiger partial charge on any atom is -0.341 e. The molecule has 1 atom stereocenters. The Morgan fingerprint density at radius 1 is 0.921 bits per heavy atom. The van der Waals surface area contributed by atoms with Crippen LogP contribution in [0.25, 0.3) is 38.1 Å². The molecule has 0 unspecified atom stereocenters. The molecular weight excluding hydrogens is 501 g/mol. The Kier molecular flexibility index (Phi) is 6.71. The van der Waals surface area contributed by atoms with Crippen LogP contribution in [0, 0.1) is 18.2 Å². The number of rotatable bonds is 3. The van der Waals surface area contributed by atoms with E-state index in [4.69, 9.17) is 17.3 Å². The molecule has 0 spiro atoms. The first-order valence-electron chi connectivity index (χ1n) is 12.0. The molecule has 5 nitrogen and oxygen atoms in total. The van der Waals surface area contributed by atoms with E-state index in [0.29, 0.717) is 35.5 Å². The second kappa shape index (κ2) is 9.99. The van der Waals surface area contributed by atoms with Crippen molar-refractivity contribution in [1.29, 1.82) is 0 Å². The molecular formula is C28H22F5N5. The first-order valence-corrected chi connectivity index (χ1v) is 12.0. The van der Waals surface area contributed by atoms with Crippen molar-refractivity contribution in [3.63, 3.8) is 0 Å². The highest BCUT2D eigenvalue weighted by Crippen LogP contribution is 2.40. The van der Waals surface area contributed by atoms with Crippen molar-refractivity contribution < 1.29 is 22.0 Å². The first kappa shape index (κ1) is 25.5. The fourth-order valence-corrected chi connectivity index (χ4v) is 4.75. The van der Waals surface area contributed by atoms with Gasteiger partial charge in [-0.1, -0.05) is 24.3 Å². The van der Waals surface area contributed by atoms with Gasteiger partial charge in [-0.3, -0.25) is 0 Å². The van der Waals surface area contributed by atoms with Gasteiger partial charge in [-0.05, 0) is 55.2 Å². The molecule has 2 heterocycles. The van der Waals surface area contributed by atoms with E-state index in [1.807, 2.05) is 4.90 Å². The van der Waals surface area contributed by atoms with E-state index < -0.39 is 28.9 Å². The monoisotopic (exact) mass is 523 g/mol. The van der Waals surface area contributed by atoms with Crippen molar-refractivity contribution >= 4 is 22.5 Å². The summed E-state index contributed by atoms with van der Waals surface area (Å²) < 4.78 is 70.6. The lowest BCUT2D eigenvalue weighted by molar-refractivity contribution is -0.137. The Morgan fingerprint density at radius 2 is 1.71 bits per heavy atom. The normalized spacial score (nSPS) is 16.3. The lowest BCUT2D eigenvalue weighted by Crippen LogP contribution is -2.28. The summed E-state index contributed by atoms with van der Waals surface area (Å²) in [7, 11) is 0. The van der Waals surface area contributed by atoms with Crippen LogP contribution < -0.4 is 10.6 Å². The SMILES string of the molecule is [C-]#[N+]c1ccc(-c2nc(N3CCC[C@H](N)CC3)nc3ccc(-c4c(F)cccc4C(F)(F)F)cc23)cc1F. The van der Waals surface area contributed by atoms with Crippen LogP contribution in [-0.2, 0) is 6.18 Å². The summed E-state index contributed by atoms with van der Waals surface area (Å²) in [5.74, 6) is -1.39. The van der Waals surface area contributed by atoms with Gasteiger partial charge in [0.2, 0.25) is 11.6 Å². The zero-order chi connectivity index (χ0) is 27.0. The molecule has 194 valence electrons. The molecule has 0 bridgehead atoms. The highest BCUT2D eigenvalue weighted by atomic mass is 19.4. The third kappa shape index (κ3) is 4.89. The van der Waals surface area contributed by atoms with E-state index in [1.165, 1.54) is 30.3 Å². The maximum Gasteiger partial charge on any atom is 0.417 e. The second-order valence-electron chi connectivity index (χ2n) is 9.22. The fourth-order valence-electron chi connectivity index (χ4n) is 4.75. The Morgan fingerprint density at radius 3 is 2.45 bits per heavy atom. The zero-order valence-electron chi connectivity index (χ0n) is 20.1. The molecule has 2 N–H and O–H groups in total. The number of nitrogens with zero attached hydrogens (tertiary/aromatic N) is 4. The summed E-state index contributed by atoms with van der Waals surface area (Å²) in [4.78, 5) is 14.5. The van der Waals surface area contributed by atoms with Crippen molar-refractivity contribution in [2.45, 2.75) is 31.5 Å². The molecule has 0 radical (unpaired) electrons. The van der Waals surface area contributed by atoms with Gasteiger partial charge >= 0.3 is 6.18 Å². The third-order valence-corrected chi connectivity index (χ3v) is 6.69. The van der Waals surface area contributed by atoms with Gasteiger partial charge in [-0.15, -0.1) is 0 Å². The number of anilines is 1. The molecule has 1 aliphatic heterocycles. The summed E-state index contributed by atoms with van der Waals surface area (Å²) in [6.45, 7) is 8.39. The number of hydrogen-bond donors (Lipinski definition) is 1. The minimum absolute atomic E-state index is 0.0143. The Hall–Kier alpha value is -4.10. The van der Waals surface area contributed by atoms with E-state index in [9.17, 15) is 22.0 Å². The summed E-state index contributed by atoms with van der Waals surface area (Å²) in [5.41, 5.74) is 5.22. The maximum absolute atomic E-state index is 14.8. The Bertz CT molecular complexity index is 1560. The Balaban J connectivity index is 1.74. The van der Waals surface area contributed by atoms with E-state index in [-0.39, 0.29) is 23.0 Å². The summed E-state index contributed by atoms with van der Waals surface area (Å²) >= 11 is 0. The van der Waals surface area contributed by atoms with E-state index in [1.54, 1.807) is 0 Å². The molecule has 1 aliphatic rings. The topological polar surface area (TPSA) is 59.4 Å². The number of nitrogens with two attached hydrogens (primary N) is 1. The van der Waals surface area contributed by atoms with Gasteiger partial charge in [-0.2, -0.15) is 13.2 Å². The highest BCUT2D eigenvalue weighted by Gasteiger charge is 2.35. The Labute approximate surface area is 215 Å². The molecule has 1 saturated heterocycles. The molecule has 0 amide bonds. The molecule has 0 aliphatic carbocycles. The molecule has 3 aromatic carbocycles. The van der Waals surface area contributed by atoms with Crippen LogP contribution in [0.15, 0.2) is 54.6 Å².